The van der Waals surface area contributed by atoms with Crippen LogP contribution in [0.25, 0.3) is 0 Å². The third-order valence-corrected chi connectivity index (χ3v) is 4.47. The van der Waals surface area contributed by atoms with Crippen LogP contribution in [0, 0.1) is 0 Å². The third kappa shape index (κ3) is 15.1. The highest BCUT2D eigenvalue weighted by Crippen LogP contribution is 2.09. The molecule has 1 atom stereocenters. The SMILES string of the molecule is COC(=O)CCNC(=O)OCC(NC(=O)CNC(=O)CCC(=O)OC(C)(C)C)C(=O)OCc1ccccc1. The Kier molecular flexibility index (Phi) is 13.9. The molecule has 0 aromatic heterocycles. The number of benzene rings is 1. The zero-order chi connectivity index (χ0) is 28.6. The number of carbonyl (C=O) groups is 6. The average Bonchev–Trinajstić information content (AvgIpc) is 2.86. The molecule has 38 heavy (non-hydrogen) atoms. The molecule has 1 unspecified atom stereocenters. The molecule has 3 N–H and O–H groups in total. The first kappa shape index (κ1) is 31.9. The highest BCUT2D eigenvalue weighted by molar-refractivity contribution is 5.89. The van der Waals surface area contributed by atoms with Gasteiger partial charge in [0.05, 0.1) is 26.5 Å². The summed E-state index contributed by atoms with van der Waals surface area (Å²) in [7, 11) is 1.21. The van der Waals surface area contributed by atoms with Crippen LogP contribution >= 0.6 is 0 Å². The number of alkyl carbamates (subject to hydrolysis) is 1. The second kappa shape index (κ2) is 16.6. The summed E-state index contributed by atoms with van der Waals surface area (Å²) in [5.41, 5.74) is 0.0161. The van der Waals surface area contributed by atoms with E-state index in [1.807, 2.05) is 0 Å². The topological polar surface area (TPSA) is 175 Å². The van der Waals surface area contributed by atoms with Crippen LogP contribution < -0.4 is 16.0 Å². The number of hydrogen-bond acceptors (Lipinski definition) is 10. The summed E-state index contributed by atoms with van der Waals surface area (Å²) in [6.45, 7) is 3.89. The van der Waals surface area contributed by atoms with Gasteiger partial charge >= 0.3 is 24.0 Å². The van der Waals surface area contributed by atoms with E-state index < -0.39 is 60.6 Å². The molecule has 0 aliphatic carbocycles. The standard InChI is InChI=1S/C25H35N3O10/c1-25(2,3)38-22(32)11-10-19(29)27-14-20(30)28-18(16-37-24(34)26-13-12-21(31)35-4)23(33)36-15-17-8-6-5-7-9-17/h5-9,18H,10-16H2,1-4H3,(H,26,34)(H,27,29)(H,28,30). The molecule has 1 aromatic rings. The minimum Gasteiger partial charge on any atom is -0.469 e. The monoisotopic (exact) mass is 537 g/mol. The molecular weight excluding hydrogens is 502 g/mol. The largest absolute Gasteiger partial charge is 0.469 e. The summed E-state index contributed by atoms with van der Waals surface area (Å²) in [5.74, 6) is -3.29. The van der Waals surface area contributed by atoms with Gasteiger partial charge < -0.3 is 34.9 Å². The van der Waals surface area contributed by atoms with Crippen LogP contribution in [0.4, 0.5) is 4.79 Å². The van der Waals surface area contributed by atoms with Gasteiger partial charge in [0.25, 0.3) is 0 Å². The predicted molar refractivity (Wildman–Crippen MR) is 132 cm³/mol. The van der Waals surface area contributed by atoms with E-state index >= 15 is 0 Å². The maximum Gasteiger partial charge on any atom is 0.407 e. The van der Waals surface area contributed by atoms with Gasteiger partial charge in [0.1, 0.15) is 18.8 Å². The van der Waals surface area contributed by atoms with Crippen molar-refractivity contribution in [2.75, 3.05) is 26.8 Å². The second-order valence-electron chi connectivity index (χ2n) is 8.93. The fourth-order valence-electron chi connectivity index (χ4n) is 2.70. The van der Waals surface area contributed by atoms with Gasteiger partial charge in [0.15, 0.2) is 6.04 Å². The number of hydrogen-bond donors (Lipinski definition) is 3. The van der Waals surface area contributed by atoms with Crippen molar-refractivity contribution >= 4 is 35.8 Å². The Morgan fingerprint density at radius 2 is 1.53 bits per heavy atom. The minimum absolute atomic E-state index is 0.0592. The smallest absolute Gasteiger partial charge is 0.407 e. The molecule has 1 aromatic carbocycles. The van der Waals surface area contributed by atoms with E-state index in [1.165, 1.54) is 7.11 Å². The number of amides is 3. The lowest BCUT2D eigenvalue weighted by atomic mass is 10.2. The summed E-state index contributed by atoms with van der Waals surface area (Å²) < 4.78 is 19.8. The van der Waals surface area contributed by atoms with Crippen LogP contribution in [0.15, 0.2) is 30.3 Å². The molecule has 0 aliphatic heterocycles. The summed E-state index contributed by atoms with van der Waals surface area (Å²) in [5, 5.41) is 6.99. The molecule has 0 bridgehead atoms. The van der Waals surface area contributed by atoms with Crippen molar-refractivity contribution in [2.45, 2.75) is 58.3 Å². The fraction of sp³-hybridized carbons (Fsp3) is 0.520. The Hall–Kier alpha value is -4.16. The first-order chi connectivity index (χ1) is 17.9. The van der Waals surface area contributed by atoms with Crippen LogP contribution in [0.1, 0.15) is 45.6 Å². The van der Waals surface area contributed by atoms with E-state index in [2.05, 4.69) is 20.7 Å². The first-order valence-corrected chi connectivity index (χ1v) is 11.9. The lowest BCUT2D eigenvalue weighted by Gasteiger charge is -2.19. The second-order valence-corrected chi connectivity index (χ2v) is 8.93. The van der Waals surface area contributed by atoms with Crippen molar-refractivity contribution in [3.63, 3.8) is 0 Å². The highest BCUT2D eigenvalue weighted by Gasteiger charge is 2.25. The molecule has 0 aliphatic rings. The van der Waals surface area contributed by atoms with E-state index in [0.29, 0.717) is 5.56 Å². The number of esters is 3. The third-order valence-electron chi connectivity index (χ3n) is 4.47. The van der Waals surface area contributed by atoms with Crippen molar-refractivity contribution in [1.29, 1.82) is 0 Å². The van der Waals surface area contributed by atoms with E-state index in [-0.39, 0.29) is 32.4 Å². The van der Waals surface area contributed by atoms with Gasteiger partial charge in [-0.15, -0.1) is 0 Å². The molecule has 0 fully saturated rings. The molecule has 13 nitrogen and oxygen atoms in total. The summed E-state index contributed by atoms with van der Waals surface area (Å²) in [6.07, 6.45) is -1.38. The Morgan fingerprint density at radius 3 is 2.16 bits per heavy atom. The van der Waals surface area contributed by atoms with Gasteiger partial charge in [-0.25, -0.2) is 9.59 Å². The van der Waals surface area contributed by atoms with Crippen molar-refractivity contribution in [3.8, 4) is 0 Å². The van der Waals surface area contributed by atoms with Crippen LogP contribution in [-0.2, 0) is 49.5 Å². The van der Waals surface area contributed by atoms with Gasteiger partial charge in [-0.05, 0) is 26.3 Å². The molecule has 13 heteroatoms. The lowest BCUT2D eigenvalue weighted by molar-refractivity contribution is -0.155. The van der Waals surface area contributed by atoms with E-state index in [0.717, 1.165) is 0 Å². The molecule has 3 amide bonds. The van der Waals surface area contributed by atoms with Crippen molar-refractivity contribution in [3.05, 3.63) is 35.9 Å². The van der Waals surface area contributed by atoms with Gasteiger partial charge in [-0.3, -0.25) is 19.2 Å². The lowest BCUT2D eigenvalue weighted by Crippen LogP contribution is -2.49. The molecule has 0 saturated heterocycles. The Balaban J connectivity index is 2.60. The average molecular weight is 538 g/mol. The van der Waals surface area contributed by atoms with Crippen LogP contribution in [0.5, 0.6) is 0 Å². The number of methoxy groups -OCH3 is 1. The summed E-state index contributed by atoms with van der Waals surface area (Å²) >= 11 is 0. The summed E-state index contributed by atoms with van der Waals surface area (Å²) in [6, 6.07) is 7.41. The number of ether oxygens (including phenoxy) is 4. The maximum atomic E-state index is 12.6. The molecule has 0 spiro atoms. The van der Waals surface area contributed by atoms with E-state index in [4.69, 9.17) is 14.2 Å². The van der Waals surface area contributed by atoms with Crippen LogP contribution in [-0.4, -0.2) is 74.3 Å². The molecule has 0 saturated carbocycles. The Bertz CT molecular complexity index is 960. The van der Waals surface area contributed by atoms with Gasteiger partial charge in [0, 0.05) is 13.0 Å². The van der Waals surface area contributed by atoms with Gasteiger partial charge in [0.2, 0.25) is 11.8 Å². The molecule has 0 heterocycles. The molecule has 0 radical (unpaired) electrons. The van der Waals surface area contributed by atoms with Gasteiger partial charge in [-0.1, -0.05) is 30.3 Å². The van der Waals surface area contributed by atoms with E-state index in [9.17, 15) is 28.8 Å². The van der Waals surface area contributed by atoms with Crippen LogP contribution in [0.2, 0.25) is 0 Å². The summed E-state index contributed by atoms with van der Waals surface area (Å²) in [4.78, 5) is 71.7. The predicted octanol–water partition coefficient (Wildman–Crippen LogP) is 0.742. The van der Waals surface area contributed by atoms with Crippen molar-refractivity contribution < 1.29 is 47.7 Å². The number of rotatable bonds is 14. The van der Waals surface area contributed by atoms with Crippen LogP contribution in [0.3, 0.4) is 0 Å². The number of carbonyl (C=O) groups excluding carboxylic acids is 6. The molecular formula is C25H35N3O10. The van der Waals surface area contributed by atoms with Crippen molar-refractivity contribution in [1.82, 2.24) is 16.0 Å². The first-order valence-electron chi connectivity index (χ1n) is 11.9. The highest BCUT2D eigenvalue weighted by atomic mass is 16.6. The molecule has 210 valence electrons. The Labute approximate surface area is 220 Å². The molecule has 1 rings (SSSR count). The quantitative estimate of drug-likeness (QED) is 0.227. The maximum absolute atomic E-state index is 12.6. The van der Waals surface area contributed by atoms with Crippen molar-refractivity contribution in [2.24, 2.45) is 0 Å². The normalized spacial score (nSPS) is 11.4. The zero-order valence-electron chi connectivity index (χ0n) is 22.0. The minimum atomic E-state index is -1.38. The zero-order valence-corrected chi connectivity index (χ0v) is 22.0. The van der Waals surface area contributed by atoms with E-state index in [1.54, 1.807) is 51.1 Å². The Morgan fingerprint density at radius 1 is 0.842 bits per heavy atom. The van der Waals surface area contributed by atoms with Gasteiger partial charge in [-0.2, -0.15) is 0 Å². The number of nitrogens with one attached hydrogen (secondary N) is 3. The fourth-order valence-corrected chi connectivity index (χ4v) is 2.70.